The second kappa shape index (κ2) is 8.78. The Labute approximate surface area is 188 Å². The van der Waals surface area contributed by atoms with E-state index >= 15 is 0 Å². The van der Waals surface area contributed by atoms with E-state index in [-0.39, 0.29) is 5.91 Å². The Bertz CT molecular complexity index is 1010. The van der Waals surface area contributed by atoms with Gasteiger partial charge in [0.15, 0.2) is 0 Å². The van der Waals surface area contributed by atoms with Gasteiger partial charge in [0.2, 0.25) is 5.91 Å². The summed E-state index contributed by atoms with van der Waals surface area (Å²) in [7, 11) is 0. The van der Waals surface area contributed by atoms with Gasteiger partial charge < -0.3 is 15.7 Å². The van der Waals surface area contributed by atoms with Crippen molar-refractivity contribution in [3.05, 3.63) is 73.8 Å². The van der Waals surface area contributed by atoms with Crippen LogP contribution in [0.25, 0.3) is 0 Å². The van der Waals surface area contributed by atoms with Gasteiger partial charge in [-0.15, -0.1) is 11.8 Å². The number of nitrogens with one attached hydrogen (secondary N) is 2. The number of rotatable bonds is 4. The predicted molar refractivity (Wildman–Crippen MR) is 125 cm³/mol. The number of nitriles is 1. The quantitative estimate of drug-likeness (QED) is 0.524. The van der Waals surface area contributed by atoms with Crippen LogP contribution in [0.4, 0.5) is 5.69 Å². The van der Waals surface area contributed by atoms with E-state index in [1.165, 1.54) is 11.8 Å². The molecule has 0 saturated carbocycles. The standard InChI is InChI=1S/C22H22IN3O2S/c1-13-8-4-7-11-17(13)25-20(27)19-18(14-9-5-6-10-16(14)23)15(12-24)21(29-3)26-22(19,2)28/h4-11,18-19,26,28H,1-3H3,(H,25,27)/t18-,19-,22-/m1/s1. The van der Waals surface area contributed by atoms with Crippen LogP contribution in [0.15, 0.2) is 59.1 Å². The van der Waals surface area contributed by atoms with E-state index in [1.807, 2.05) is 61.7 Å². The zero-order valence-corrected chi connectivity index (χ0v) is 19.3. The second-order valence-electron chi connectivity index (χ2n) is 7.11. The van der Waals surface area contributed by atoms with Crippen LogP contribution in [0.5, 0.6) is 0 Å². The number of halogens is 1. The lowest BCUT2D eigenvalue weighted by Gasteiger charge is -2.43. The summed E-state index contributed by atoms with van der Waals surface area (Å²) in [6, 6.07) is 17.4. The SMILES string of the molecule is CSC1=C(C#N)[C@@H](c2ccccc2I)[C@H](C(=O)Nc2ccccc2C)[C@@](C)(O)N1. The molecular weight excluding hydrogens is 497 g/mol. The van der Waals surface area contributed by atoms with Crippen molar-refractivity contribution in [1.82, 2.24) is 5.32 Å². The maximum Gasteiger partial charge on any atom is 0.233 e. The first kappa shape index (κ1) is 21.7. The molecule has 0 unspecified atom stereocenters. The van der Waals surface area contributed by atoms with Gasteiger partial charge in [-0.1, -0.05) is 36.4 Å². The average molecular weight is 519 g/mol. The molecule has 2 aromatic carbocycles. The van der Waals surface area contributed by atoms with Gasteiger partial charge in [0.1, 0.15) is 5.72 Å². The highest BCUT2D eigenvalue weighted by Gasteiger charge is 2.50. The summed E-state index contributed by atoms with van der Waals surface area (Å²) < 4.78 is 0.940. The summed E-state index contributed by atoms with van der Waals surface area (Å²) in [5.74, 6) is -1.81. The van der Waals surface area contributed by atoms with E-state index in [1.54, 1.807) is 6.92 Å². The van der Waals surface area contributed by atoms with Crippen LogP contribution >= 0.6 is 34.4 Å². The van der Waals surface area contributed by atoms with Crippen LogP contribution in [0.2, 0.25) is 0 Å². The number of hydrogen-bond acceptors (Lipinski definition) is 5. The minimum Gasteiger partial charge on any atom is -0.370 e. The van der Waals surface area contributed by atoms with Crippen LogP contribution < -0.4 is 10.6 Å². The molecule has 0 saturated heterocycles. The van der Waals surface area contributed by atoms with Crippen molar-refractivity contribution in [1.29, 1.82) is 5.26 Å². The molecule has 1 amide bonds. The lowest BCUT2D eigenvalue weighted by molar-refractivity contribution is -0.131. The van der Waals surface area contributed by atoms with Crippen LogP contribution in [0.1, 0.15) is 24.0 Å². The van der Waals surface area contributed by atoms with E-state index in [9.17, 15) is 15.2 Å². The third kappa shape index (κ3) is 4.29. The van der Waals surface area contributed by atoms with Gasteiger partial charge in [0.25, 0.3) is 0 Å². The van der Waals surface area contributed by atoms with Gasteiger partial charge in [0, 0.05) is 15.2 Å². The monoisotopic (exact) mass is 519 g/mol. The first-order valence-electron chi connectivity index (χ1n) is 9.10. The molecule has 29 heavy (non-hydrogen) atoms. The number of carbonyl (C=O) groups is 1. The molecule has 150 valence electrons. The number of para-hydroxylation sites is 1. The molecule has 2 aromatic rings. The van der Waals surface area contributed by atoms with Gasteiger partial charge in [-0.3, -0.25) is 4.79 Å². The molecule has 5 nitrogen and oxygen atoms in total. The molecule has 3 N–H and O–H groups in total. The summed E-state index contributed by atoms with van der Waals surface area (Å²) >= 11 is 3.57. The van der Waals surface area contributed by atoms with Gasteiger partial charge in [-0.05, 0) is 66.0 Å². The fourth-order valence-electron chi connectivity index (χ4n) is 3.68. The average Bonchev–Trinajstić information content (AvgIpc) is 2.68. The number of nitrogens with zero attached hydrogens (tertiary/aromatic N) is 1. The molecule has 3 rings (SSSR count). The van der Waals surface area contributed by atoms with Gasteiger partial charge in [-0.2, -0.15) is 5.26 Å². The number of allylic oxidation sites excluding steroid dienone is 1. The zero-order valence-electron chi connectivity index (χ0n) is 16.4. The number of aliphatic hydroxyl groups is 1. The summed E-state index contributed by atoms with van der Waals surface area (Å²) in [5.41, 5.74) is 1.39. The van der Waals surface area contributed by atoms with Crippen molar-refractivity contribution in [2.75, 3.05) is 11.6 Å². The Kier molecular flexibility index (Phi) is 6.56. The highest BCUT2D eigenvalue weighted by molar-refractivity contribution is 14.1. The molecule has 0 aromatic heterocycles. The minimum atomic E-state index is -1.53. The number of aryl methyl sites for hydroxylation is 1. The third-order valence-corrected chi connectivity index (χ3v) is 6.82. The van der Waals surface area contributed by atoms with E-state index in [4.69, 9.17) is 0 Å². The van der Waals surface area contributed by atoms with Gasteiger partial charge >= 0.3 is 0 Å². The number of thioether (sulfide) groups is 1. The smallest absolute Gasteiger partial charge is 0.233 e. The Morgan fingerprint density at radius 1 is 1.28 bits per heavy atom. The third-order valence-electron chi connectivity index (χ3n) is 5.11. The van der Waals surface area contributed by atoms with Crippen molar-refractivity contribution in [3.63, 3.8) is 0 Å². The Morgan fingerprint density at radius 2 is 1.93 bits per heavy atom. The number of carbonyl (C=O) groups excluding carboxylic acids is 1. The van der Waals surface area contributed by atoms with Crippen molar-refractivity contribution < 1.29 is 9.90 Å². The molecule has 0 aliphatic carbocycles. The van der Waals surface area contributed by atoms with Crippen molar-refractivity contribution in [2.24, 2.45) is 5.92 Å². The van der Waals surface area contributed by atoms with Crippen LogP contribution in [0.3, 0.4) is 0 Å². The number of amides is 1. The van der Waals surface area contributed by atoms with Crippen LogP contribution in [-0.2, 0) is 4.79 Å². The molecule has 0 bridgehead atoms. The molecule has 3 atom stereocenters. The highest BCUT2D eigenvalue weighted by atomic mass is 127. The molecule has 1 aliphatic rings. The van der Waals surface area contributed by atoms with Crippen molar-refractivity contribution >= 4 is 45.9 Å². The van der Waals surface area contributed by atoms with E-state index in [0.29, 0.717) is 16.3 Å². The molecule has 0 spiro atoms. The first-order valence-corrected chi connectivity index (χ1v) is 11.4. The number of hydrogen-bond donors (Lipinski definition) is 3. The number of benzene rings is 2. The lowest BCUT2D eigenvalue weighted by Crippen LogP contribution is -2.57. The van der Waals surface area contributed by atoms with E-state index in [2.05, 4.69) is 39.3 Å². The normalized spacial score (nSPS) is 23.9. The topological polar surface area (TPSA) is 85.2 Å². The fraction of sp³-hybridized carbons (Fsp3) is 0.273. The molecule has 7 heteroatoms. The maximum absolute atomic E-state index is 13.4. The summed E-state index contributed by atoms with van der Waals surface area (Å²) in [5, 5.41) is 27.7. The molecule has 1 heterocycles. The summed E-state index contributed by atoms with van der Waals surface area (Å²) in [4.78, 5) is 13.4. The maximum atomic E-state index is 13.4. The Morgan fingerprint density at radius 3 is 2.55 bits per heavy atom. The largest absolute Gasteiger partial charge is 0.370 e. The molecule has 0 fully saturated rings. The van der Waals surface area contributed by atoms with Gasteiger partial charge in [0.05, 0.1) is 22.6 Å². The summed E-state index contributed by atoms with van der Waals surface area (Å²) in [6.45, 7) is 3.50. The number of anilines is 1. The minimum absolute atomic E-state index is 0.339. The second-order valence-corrected chi connectivity index (χ2v) is 9.09. The molecule has 1 aliphatic heterocycles. The highest BCUT2D eigenvalue weighted by Crippen LogP contribution is 2.45. The fourth-order valence-corrected chi connectivity index (χ4v) is 5.11. The van der Waals surface area contributed by atoms with E-state index < -0.39 is 17.6 Å². The van der Waals surface area contributed by atoms with Crippen molar-refractivity contribution in [3.8, 4) is 6.07 Å². The Hall–Kier alpha value is -2.02. The molecular formula is C22H22IN3O2S. The van der Waals surface area contributed by atoms with Crippen molar-refractivity contribution in [2.45, 2.75) is 25.5 Å². The van der Waals surface area contributed by atoms with Gasteiger partial charge in [-0.25, -0.2) is 0 Å². The lowest BCUT2D eigenvalue weighted by atomic mass is 9.73. The Balaban J connectivity index is 2.14. The van der Waals surface area contributed by atoms with E-state index in [0.717, 1.165) is 14.7 Å². The predicted octanol–water partition coefficient (Wildman–Crippen LogP) is 4.35. The summed E-state index contributed by atoms with van der Waals surface area (Å²) in [6.07, 6.45) is 1.84. The van der Waals surface area contributed by atoms with Crippen LogP contribution in [0, 0.1) is 27.7 Å². The molecule has 0 radical (unpaired) electrons. The zero-order chi connectivity index (χ0) is 21.2. The van der Waals surface area contributed by atoms with Crippen LogP contribution in [-0.4, -0.2) is 23.0 Å². The first-order chi connectivity index (χ1) is 13.8.